The van der Waals surface area contributed by atoms with E-state index < -0.39 is 0 Å². The van der Waals surface area contributed by atoms with Crippen molar-refractivity contribution in [3.63, 3.8) is 0 Å². The van der Waals surface area contributed by atoms with E-state index in [2.05, 4.69) is 36.5 Å². The van der Waals surface area contributed by atoms with Crippen molar-refractivity contribution in [1.29, 1.82) is 0 Å². The van der Waals surface area contributed by atoms with E-state index in [1.807, 2.05) is 12.1 Å². The number of hydrogen-bond donors (Lipinski definition) is 1. The predicted octanol–water partition coefficient (Wildman–Crippen LogP) is 2.28. The molecule has 74 valence electrons. The number of hydrogen-bond acceptors (Lipinski definition) is 2. The molecule has 0 aromatic carbocycles. The molecule has 0 aliphatic rings. The normalized spacial score (nSPS) is 11.4. The van der Waals surface area contributed by atoms with Crippen LogP contribution in [0.2, 0.25) is 0 Å². The Hall–Kier alpha value is -1.51. The predicted molar refractivity (Wildman–Crippen MR) is 59.2 cm³/mol. The molecule has 0 saturated carbocycles. The highest BCUT2D eigenvalue weighted by atomic mass is 15.0. The number of aromatic nitrogens is 2. The van der Waals surface area contributed by atoms with Gasteiger partial charge in [0.25, 0.3) is 0 Å². The average Bonchev–Trinajstić information content (AvgIpc) is 2.43. The number of nitrogen functional groups attached to an aromatic ring is 1. The second-order valence-corrected chi connectivity index (χ2v) is 3.92. The van der Waals surface area contributed by atoms with Gasteiger partial charge in [0, 0.05) is 12.7 Å². The van der Waals surface area contributed by atoms with Crippen molar-refractivity contribution >= 4 is 16.9 Å². The van der Waals surface area contributed by atoms with E-state index in [0.29, 0.717) is 11.7 Å². The first-order valence-corrected chi connectivity index (χ1v) is 4.81. The van der Waals surface area contributed by atoms with E-state index >= 15 is 0 Å². The molecule has 0 aliphatic carbocycles. The van der Waals surface area contributed by atoms with Crippen LogP contribution in [0.1, 0.15) is 25.5 Å². The van der Waals surface area contributed by atoms with Crippen LogP contribution in [-0.2, 0) is 7.05 Å². The Morgan fingerprint density at radius 1 is 1.36 bits per heavy atom. The Morgan fingerprint density at radius 3 is 2.71 bits per heavy atom. The fourth-order valence-electron chi connectivity index (χ4n) is 1.80. The van der Waals surface area contributed by atoms with Gasteiger partial charge in [0.15, 0.2) is 0 Å². The van der Waals surface area contributed by atoms with Crippen LogP contribution >= 0.6 is 0 Å². The van der Waals surface area contributed by atoms with Gasteiger partial charge in [0.1, 0.15) is 5.82 Å². The summed E-state index contributed by atoms with van der Waals surface area (Å²) >= 11 is 0. The van der Waals surface area contributed by atoms with Crippen molar-refractivity contribution in [2.24, 2.45) is 7.05 Å². The Morgan fingerprint density at radius 2 is 2.07 bits per heavy atom. The number of pyridine rings is 1. The van der Waals surface area contributed by atoms with Crippen molar-refractivity contribution in [3.8, 4) is 0 Å². The molecule has 0 amide bonds. The number of fused-ring (bicyclic) bond motifs is 1. The minimum absolute atomic E-state index is 0.510. The maximum absolute atomic E-state index is 5.64. The van der Waals surface area contributed by atoms with Crippen LogP contribution in [0.3, 0.4) is 0 Å². The molecule has 0 fully saturated rings. The average molecular weight is 189 g/mol. The van der Waals surface area contributed by atoms with Crippen LogP contribution in [0.4, 0.5) is 5.82 Å². The molecule has 3 nitrogen and oxygen atoms in total. The largest absolute Gasteiger partial charge is 0.384 e. The lowest BCUT2D eigenvalue weighted by molar-refractivity contribution is 0.755. The van der Waals surface area contributed by atoms with Crippen LogP contribution in [0.15, 0.2) is 18.2 Å². The van der Waals surface area contributed by atoms with Gasteiger partial charge in [0.05, 0.1) is 11.0 Å². The highest BCUT2D eigenvalue weighted by Crippen LogP contribution is 2.23. The van der Waals surface area contributed by atoms with E-state index in [4.69, 9.17) is 5.73 Å². The zero-order chi connectivity index (χ0) is 10.3. The number of rotatable bonds is 1. The van der Waals surface area contributed by atoms with Crippen molar-refractivity contribution in [2.75, 3.05) is 5.73 Å². The van der Waals surface area contributed by atoms with Crippen LogP contribution in [0, 0.1) is 0 Å². The van der Waals surface area contributed by atoms with Gasteiger partial charge in [0.2, 0.25) is 0 Å². The van der Waals surface area contributed by atoms with Crippen molar-refractivity contribution in [2.45, 2.75) is 19.8 Å². The molecular weight excluding hydrogens is 174 g/mol. The molecule has 0 unspecified atom stereocenters. The smallest absolute Gasteiger partial charge is 0.124 e. The zero-order valence-electron chi connectivity index (χ0n) is 8.78. The molecule has 2 N–H and O–H groups in total. The Kier molecular flexibility index (Phi) is 1.95. The van der Waals surface area contributed by atoms with Crippen LogP contribution in [0.5, 0.6) is 0 Å². The van der Waals surface area contributed by atoms with Gasteiger partial charge < -0.3 is 10.3 Å². The molecule has 14 heavy (non-hydrogen) atoms. The molecule has 0 saturated heterocycles. The van der Waals surface area contributed by atoms with Crippen molar-refractivity contribution in [1.82, 2.24) is 9.55 Å². The summed E-state index contributed by atoms with van der Waals surface area (Å²) in [6.07, 6.45) is 0. The van der Waals surface area contributed by atoms with Crippen LogP contribution < -0.4 is 5.73 Å². The molecule has 0 radical (unpaired) electrons. The minimum atomic E-state index is 0.510. The number of nitrogens with zero attached hydrogens (tertiary/aromatic N) is 2. The van der Waals surface area contributed by atoms with E-state index in [0.717, 1.165) is 11.0 Å². The molecular formula is C11H15N3. The SMILES string of the molecule is CC(C)c1cc2nc(N)ccc2n1C. The third-order valence-electron chi connectivity index (χ3n) is 2.55. The molecule has 0 aliphatic heterocycles. The summed E-state index contributed by atoms with van der Waals surface area (Å²) in [5, 5.41) is 0. The van der Waals surface area contributed by atoms with Gasteiger partial charge >= 0.3 is 0 Å². The first kappa shape index (κ1) is 9.06. The first-order chi connectivity index (χ1) is 6.59. The zero-order valence-corrected chi connectivity index (χ0v) is 8.78. The standard InChI is InChI=1S/C11H15N3/c1-7(2)10-6-8-9(14(10)3)4-5-11(12)13-8/h4-7H,1-3H3,(H2,12,13). The Labute approximate surface area is 83.6 Å². The molecule has 2 rings (SSSR count). The molecule has 2 aromatic heterocycles. The summed E-state index contributed by atoms with van der Waals surface area (Å²) in [5.74, 6) is 1.09. The lowest BCUT2D eigenvalue weighted by Crippen LogP contribution is -1.97. The highest BCUT2D eigenvalue weighted by Gasteiger charge is 2.09. The van der Waals surface area contributed by atoms with Crippen LogP contribution in [-0.4, -0.2) is 9.55 Å². The summed E-state index contributed by atoms with van der Waals surface area (Å²) in [7, 11) is 2.07. The lowest BCUT2D eigenvalue weighted by Gasteiger charge is -2.06. The minimum Gasteiger partial charge on any atom is -0.384 e. The Bertz CT molecular complexity index is 469. The van der Waals surface area contributed by atoms with Gasteiger partial charge in [-0.05, 0) is 24.1 Å². The topological polar surface area (TPSA) is 43.8 Å². The third kappa shape index (κ3) is 1.25. The molecule has 2 aromatic rings. The van der Waals surface area contributed by atoms with Crippen molar-refractivity contribution in [3.05, 3.63) is 23.9 Å². The maximum atomic E-state index is 5.64. The van der Waals surface area contributed by atoms with Gasteiger partial charge in [-0.1, -0.05) is 13.8 Å². The van der Waals surface area contributed by atoms with Gasteiger partial charge in [-0.3, -0.25) is 0 Å². The molecule has 0 spiro atoms. The van der Waals surface area contributed by atoms with E-state index in [9.17, 15) is 0 Å². The monoisotopic (exact) mass is 189 g/mol. The molecule has 3 heteroatoms. The highest BCUT2D eigenvalue weighted by molar-refractivity contribution is 5.78. The summed E-state index contributed by atoms with van der Waals surface area (Å²) in [6.45, 7) is 4.36. The summed E-state index contributed by atoms with van der Waals surface area (Å²) in [6, 6.07) is 5.96. The number of nitrogens with two attached hydrogens (primary N) is 1. The second kappa shape index (κ2) is 3.01. The molecule has 2 heterocycles. The van der Waals surface area contributed by atoms with Gasteiger partial charge in [-0.25, -0.2) is 4.98 Å². The van der Waals surface area contributed by atoms with Gasteiger partial charge in [-0.2, -0.15) is 0 Å². The van der Waals surface area contributed by atoms with Crippen molar-refractivity contribution < 1.29 is 0 Å². The summed E-state index contributed by atoms with van der Waals surface area (Å²) in [5.41, 5.74) is 9.05. The van der Waals surface area contributed by atoms with E-state index in [1.165, 1.54) is 5.69 Å². The summed E-state index contributed by atoms with van der Waals surface area (Å²) in [4.78, 5) is 4.30. The fourth-order valence-corrected chi connectivity index (χ4v) is 1.80. The summed E-state index contributed by atoms with van der Waals surface area (Å²) < 4.78 is 2.17. The number of aryl methyl sites for hydroxylation is 1. The molecule has 0 atom stereocenters. The third-order valence-corrected chi connectivity index (χ3v) is 2.55. The van der Waals surface area contributed by atoms with E-state index in [-0.39, 0.29) is 0 Å². The maximum Gasteiger partial charge on any atom is 0.124 e. The Balaban J connectivity index is 2.73. The first-order valence-electron chi connectivity index (χ1n) is 4.81. The van der Waals surface area contributed by atoms with Gasteiger partial charge in [-0.15, -0.1) is 0 Å². The lowest BCUT2D eigenvalue weighted by atomic mass is 10.1. The van der Waals surface area contributed by atoms with E-state index in [1.54, 1.807) is 0 Å². The quantitative estimate of drug-likeness (QED) is 0.748. The fraction of sp³-hybridized carbons (Fsp3) is 0.364. The second-order valence-electron chi connectivity index (χ2n) is 3.92. The van der Waals surface area contributed by atoms with Crippen LogP contribution in [0.25, 0.3) is 11.0 Å². The number of anilines is 1. The molecule has 0 bridgehead atoms.